The van der Waals surface area contributed by atoms with Crippen molar-refractivity contribution in [2.75, 3.05) is 11.3 Å². The third kappa shape index (κ3) is 4.50. The Morgan fingerprint density at radius 3 is 2.58 bits per heavy atom. The lowest BCUT2D eigenvalue weighted by atomic mass is 10.2. The molecule has 0 saturated heterocycles. The van der Waals surface area contributed by atoms with Crippen molar-refractivity contribution in [3.8, 4) is 0 Å². The number of anilines is 1. The summed E-state index contributed by atoms with van der Waals surface area (Å²) in [6.07, 6.45) is 1.53. The molecule has 5 nitrogen and oxygen atoms in total. The Balaban J connectivity index is 2.29. The maximum Gasteiger partial charge on any atom is 0.261 e. The van der Waals surface area contributed by atoms with Gasteiger partial charge in [0.05, 0.1) is 15.6 Å². The maximum atomic E-state index is 12.5. The van der Waals surface area contributed by atoms with Gasteiger partial charge in [-0.15, -0.1) is 6.58 Å². The van der Waals surface area contributed by atoms with Crippen LogP contribution < -0.4 is 10.0 Å². The first-order chi connectivity index (χ1) is 11.3. The van der Waals surface area contributed by atoms with E-state index in [1.807, 2.05) is 0 Å². The van der Waals surface area contributed by atoms with Crippen LogP contribution in [0.3, 0.4) is 0 Å². The topological polar surface area (TPSA) is 75.3 Å². The van der Waals surface area contributed by atoms with Gasteiger partial charge in [0.15, 0.2) is 0 Å². The molecule has 0 spiro atoms. The van der Waals surface area contributed by atoms with E-state index in [-0.39, 0.29) is 27.7 Å². The predicted molar refractivity (Wildman–Crippen MR) is 96.2 cm³/mol. The quantitative estimate of drug-likeness (QED) is 0.745. The van der Waals surface area contributed by atoms with Gasteiger partial charge in [-0.1, -0.05) is 35.3 Å². The summed E-state index contributed by atoms with van der Waals surface area (Å²) in [6.45, 7) is 3.79. The lowest BCUT2D eigenvalue weighted by Crippen LogP contribution is -2.23. The smallest absolute Gasteiger partial charge is 0.261 e. The molecule has 0 unspecified atom stereocenters. The van der Waals surface area contributed by atoms with Crippen LogP contribution in [0.2, 0.25) is 10.0 Å². The Hall–Kier alpha value is -2.02. The maximum absolute atomic E-state index is 12.5. The number of benzene rings is 2. The van der Waals surface area contributed by atoms with E-state index in [1.54, 1.807) is 0 Å². The molecule has 126 valence electrons. The molecular formula is C16H14Cl2N2O3S. The summed E-state index contributed by atoms with van der Waals surface area (Å²) in [5.74, 6) is -0.392. The summed E-state index contributed by atoms with van der Waals surface area (Å²) < 4.78 is 27.3. The summed E-state index contributed by atoms with van der Waals surface area (Å²) in [7, 11) is -3.90. The molecule has 0 atom stereocenters. The molecule has 0 saturated carbocycles. The molecule has 2 rings (SSSR count). The van der Waals surface area contributed by atoms with Gasteiger partial charge in [0, 0.05) is 17.1 Å². The van der Waals surface area contributed by atoms with E-state index in [2.05, 4.69) is 16.6 Å². The van der Waals surface area contributed by atoms with Crippen LogP contribution in [0.25, 0.3) is 0 Å². The first-order valence-electron chi connectivity index (χ1n) is 6.80. The highest BCUT2D eigenvalue weighted by Gasteiger charge is 2.17. The van der Waals surface area contributed by atoms with Gasteiger partial charge in [0.1, 0.15) is 0 Å². The third-order valence-corrected chi connectivity index (χ3v) is 4.90. The summed E-state index contributed by atoms with van der Waals surface area (Å²) in [5.41, 5.74) is 0.421. The second-order valence-corrected chi connectivity index (χ2v) is 7.28. The SMILES string of the molecule is C=CCNC(=O)c1cccc(S(=O)(=O)Nc2ccc(Cl)cc2Cl)c1. The van der Waals surface area contributed by atoms with E-state index in [9.17, 15) is 13.2 Å². The first-order valence-corrected chi connectivity index (χ1v) is 9.04. The fourth-order valence-electron chi connectivity index (χ4n) is 1.85. The molecule has 0 aliphatic heterocycles. The van der Waals surface area contributed by atoms with Gasteiger partial charge < -0.3 is 5.32 Å². The van der Waals surface area contributed by atoms with Gasteiger partial charge in [-0.25, -0.2) is 8.42 Å². The average Bonchev–Trinajstić information content (AvgIpc) is 2.55. The summed E-state index contributed by atoms with van der Waals surface area (Å²) in [4.78, 5) is 11.9. The number of rotatable bonds is 6. The molecule has 1 amide bonds. The molecule has 0 aliphatic carbocycles. The van der Waals surface area contributed by atoms with Crippen LogP contribution in [0, 0.1) is 0 Å². The highest BCUT2D eigenvalue weighted by Crippen LogP contribution is 2.27. The molecule has 2 N–H and O–H groups in total. The lowest BCUT2D eigenvalue weighted by Gasteiger charge is -2.11. The van der Waals surface area contributed by atoms with Crippen LogP contribution in [0.1, 0.15) is 10.4 Å². The number of sulfonamides is 1. The van der Waals surface area contributed by atoms with E-state index in [1.165, 1.54) is 48.5 Å². The first kappa shape index (κ1) is 18.3. The standard InChI is InChI=1S/C16H14Cl2N2O3S/c1-2-8-19-16(21)11-4-3-5-13(9-11)24(22,23)20-15-7-6-12(17)10-14(15)18/h2-7,9-10,20H,1,8H2,(H,19,21). The zero-order chi connectivity index (χ0) is 17.7. The van der Waals surface area contributed by atoms with Crippen molar-refractivity contribution < 1.29 is 13.2 Å². The monoisotopic (exact) mass is 384 g/mol. The summed E-state index contributed by atoms with van der Waals surface area (Å²) in [5, 5.41) is 3.15. The van der Waals surface area contributed by atoms with Crippen LogP contribution >= 0.6 is 23.2 Å². The normalized spacial score (nSPS) is 10.9. The highest BCUT2D eigenvalue weighted by molar-refractivity contribution is 7.92. The van der Waals surface area contributed by atoms with Crippen LogP contribution in [-0.4, -0.2) is 20.9 Å². The third-order valence-electron chi connectivity index (χ3n) is 2.99. The molecule has 0 aliphatic rings. The van der Waals surface area contributed by atoms with Gasteiger partial charge in [0.2, 0.25) is 0 Å². The second-order valence-electron chi connectivity index (χ2n) is 4.76. The Bertz CT molecular complexity index is 883. The van der Waals surface area contributed by atoms with Crippen LogP contribution in [0.5, 0.6) is 0 Å². The zero-order valence-electron chi connectivity index (χ0n) is 12.4. The Morgan fingerprint density at radius 1 is 1.17 bits per heavy atom. The Labute approximate surface area is 150 Å². The minimum Gasteiger partial charge on any atom is -0.349 e. The van der Waals surface area contributed by atoms with E-state index >= 15 is 0 Å². The van der Waals surface area contributed by atoms with E-state index in [4.69, 9.17) is 23.2 Å². The van der Waals surface area contributed by atoms with E-state index in [0.717, 1.165) is 0 Å². The molecule has 0 bridgehead atoms. The molecule has 8 heteroatoms. The highest BCUT2D eigenvalue weighted by atomic mass is 35.5. The molecule has 0 fully saturated rings. The Morgan fingerprint density at radius 2 is 1.92 bits per heavy atom. The van der Waals surface area contributed by atoms with Crippen molar-refractivity contribution in [3.63, 3.8) is 0 Å². The second kappa shape index (κ2) is 7.70. The fraction of sp³-hybridized carbons (Fsp3) is 0.0625. The number of nitrogens with one attached hydrogen (secondary N) is 2. The number of carbonyl (C=O) groups excluding carboxylic acids is 1. The molecule has 2 aromatic carbocycles. The number of carbonyl (C=O) groups is 1. The van der Waals surface area contributed by atoms with Gasteiger partial charge >= 0.3 is 0 Å². The van der Waals surface area contributed by atoms with Crippen molar-refractivity contribution in [2.45, 2.75) is 4.90 Å². The molecule has 2 aromatic rings. The lowest BCUT2D eigenvalue weighted by molar-refractivity contribution is 0.0958. The van der Waals surface area contributed by atoms with Gasteiger partial charge in [0.25, 0.3) is 15.9 Å². The minimum atomic E-state index is -3.90. The molecule has 0 radical (unpaired) electrons. The number of hydrogen-bond acceptors (Lipinski definition) is 3. The van der Waals surface area contributed by atoms with Crippen LogP contribution in [0.4, 0.5) is 5.69 Å². The molecular weight excluding hydrogens is 371 g/mol. The fourth-order valence-corrected chi connectivity index (χ4v) is 3.48. The van der Waals surface area contributed by atoms with Gasteiger partial charge in [-0.2, -0.15) is 0 Å². The predicted octanol–water partition coefficient (Wildman–Crippen LogP) is 3.71. The average molecular weight is 385 g/mol. The van der Waals surface area contributed by atoms with Crippen molar-refractivity contribution >= 4 is 44.8 Å². The van der Waals surface area contributed by atoms with Crippen LogP contribution in [-0.2, 0) is 10.0 Å². The number of hydrogen-bond donors (Lipinski definition) is 2. The van der Waals surface area contributed by atoms with Crippen molar-refractivity contribution in [3.05, 3.63) is 70.7 Å². The minimum absolute atomic E-state index is 0.0558. The summed E-state index contributed by atoms with van der Waals surface area (Å²) in [6, 6.07) is 10.1. The molecule has 24 heavy (non-hydrogen) atoms. The Kier molecular flexibility index (Phi) is 5.88. The van der Waals surface area contributed by atoms with E-state index < -0.39 is 15.9 Å². The van der Waals surface area contributed by atoms with Crippen LogP contribution in [0.15, 0.2) is 60.0 Å². The van der Waals surface area contributed by atoms with Crippen molar-refractivity contribution in [1.82, 2.24) is 5.32 Å². The van der Waals surface area contributed by atoms with E-state index in [0.29, 0.717) is 5.02 Å². The molecule has 0 aromatic heterocycles. The van der Waals surface area contributed by atoms with Crippen molar-refractivity contribution in [1.29, 1.82) is 0 Å². The van der Waals surface area contributed by atoms with Crippen molar-refractivity contribution in [2.24, 2.45) is 0 Å². The molecule has 0 heterocycles. The largest absolute Gasteiger partial charge is 0.349 e. The van der Waals surface area contributed by atoms with Gasteiger partial charge in [-0.3, -0.25) is 9.52 Å². The number of halogens is 2. The number of amides is 1. The summed E-state index contributed by atoms with van der Waals surface area (Å²) >= 11 is 11.8. The van der Waals surface area contributed by atoms with Gasteiger partial charge in [-0.05, 0) is 36.4 Å². The zero-order valence-corrected chi connectivity index (χ0v) is 14.8.